The van der Waals surface area contributed by atoms with Gasteiger partial charge in [-0.1, -0.05) is 30.2 Å². The highest BCUT2D eigenvalue weighted by atomic mass is 35.5. The lowest BCUT2D eigenvalue weighted by Crippen LogP contribution is -2.44. The van der Waals surface area contributed by atoms with Crippen LogP contribution in [0.5, 0.6) is 0 Å². The average molecular weight is 354 g/mol. The third-order valence-corrected chi connectivity index (χ3v) is 4.76. The number of rotatable bonds is 7. The van der Waals surface area contributed by atoms with Gasteiger partial charge in [0.1, 0.15) is 0 Å². The lowest BCUT2D eigenvalue weighted by molar-refractivity contribution is 0.147. The molecule has 1 atom stereocenters. The second-order valence-electron chi connectivity index (χ2n) is 6.26. The molecule has 0 aliphatic carbocycles. The van der Waals surface area contributed by atoms with Gasteiger partial charge in [0.05, 0.1) is 12.6 Å². The van der Waals surface area contributed by atoms with E-state index in [4.69, 9.17) is 16.3 Å². The minimum absolute atomic E-state index is 0.0666. The van der Waals surface area contributed by atoms with E-state index >= 15 is 0 Å². The molecule has 1 aliphatic heterocycles. The van der Waals surface area contributed by atoms with Gasteiger partial charge in [0.25, 0.3) is 0 Å². The molecule has 24 heavy (non-hydrogen) atoms. The van der Waals surface area contributed by atoms with Crippen molar-refractivity contribution in [2.45, 2.75) is 25.3 Å². The molecule has 1 fully saturated rings. The summed E-state index contributed by atoms with van der Waals surface area (Å²) >= 11 is 6.02. The molecule has 0 bridgehead atoms. The molecule has 0 saturated carbocycles. The molecular weight excluding hydrogens is 326 g/mol. The van der Waals surface area contributed by atoms with Gasteiger partial charge >= 0.3 is 6.03 Å². The number of nitrogens with one attached hydrogen (secondary N) is 1. The van der Waals surface area contributed by atoms with Crippen LogP contribution in [0, 0.1) is 0 Å². The van der Waals surface area contributed by atoms with Gasteiger partial charge in [-0.05, 0) is 43.6 Å². The van der Waals surface area contributed by atoms with Crippen molar-refractivity contribution in [1.29, 1.82) is 0 Å². The lowest BCUT2D eigenvalue weighted by atomic mass is 10.0. The van der Waals surface area contributed by atoms with Crippen LogP contribution in [0.3, 0.4) is 0 Å². The standard InChI is InChI=1S/C18H28ClN3O2/c1-21(12-13-24-2)18(23)20-14-17(22-10-4-3-5-11-22)15-6-8-16(19)9-7-15/h6-9,17H,3-5,10-14H2,1-2H3,(H,20,23)/t17-/m1/s1. The fourth-order valence-electron chi connectivity index (χ4n) is 3.02. The number of hydrogen-bond acceptors (Lipinski definition) is 3. The number of urea groups is 1. The maximum absolute atomic E-state index is 12.2. The highest BCUT2D eigenvalue weighted by Crippen LogP contribution is 2.25. The first-order valence-corrected chi connectivity index (χ1v) is 8.97. The average Bonchev–Trinajstić information content (AvgIpc) is 2.62. The molecule has 1 aromatic rings. The Labute approximate surface area is 149 Å². The SMILES string of the molecule is COCCN(C)C(=O)NC[C@H](c1ccc(Cl)cc1)N1CCCCC1. The molecule has 5 nitrogen and oxygen atoms in total. The molecule has 6 heteroatoms. The predicted octanol–water partition coefficient (Wildman–Crippen LogP) is 3.15. The molecule has 134 valence electrons. The van der Waals surface area contributed by atoms with Gasteiger partial charge in [-0.15, -0.1) is 0 Å². The molecule has 1 heterocycles. The number of carbonyl (C=O) groups excluding carboxylic acids is 1. The summed E-state index contributed by atoms with van der Waals surface area (Å²) in [5, 5.41) is 3.79. The van der Waals surface area contributed by atoms with Gasteiger partial charge in [-0.3, -0.25) is 4.90 Å². The Kier molecular flexibility index (Phi) is 7.82. The van der Waals surface area contributed by atoms with Crippen LogP contribution in [0.1, 0.15) is 30.9 Å². The highest BCUT2D eigenvalue weighted by molar-refractivity contribution is 6.30. The third kappa shape index (κ3) is 5.65. The van der Waals surface area contributed by atoms with Gasteiger partial charge in [0.15, 0.2) is 0 Å². The molecule has 1 aliphatic rings. The van der Waals surface area contributed by atoms with Crippen molar-refractivity contribution < 1.29 is 9.53 Å². The Morgan fingerprint density at radius 2 is 1.96 bits per heavy atom. The van der Waals surface area contributed by atoms with E-state index in [9.17, 15) is 4.79 Å². The first kappa shape index (κ1) is 19.0. The quantitative estimate of drug-likeness (QED) is 0.819. The monoisotopic (exact) mass is 353 g/mol. The number of piperidine rings is 1. The molecular formula is C18H28ClN3O2. The van der Waals surface area contributed by atoms with Gasteiger partial charge in [0.2, 0.25) is 0 Å². The fourth-order valence-corrected chi connectivity index (χ4v) is 3.15. The number of benzene rings is 1. The van der Waals surface area contributed by atoms with E-state index < -0.39 is 0 Å². The summed E-state index contributed by atoms with van der Waals surface area (Å²) in [4.78, 5) is 16.4. The molecule has 0 radical (unpaired) electrons. The summed E-state index contributed by atoms with van der Waals surface area (Å²) in [5.41, 5.74) is 1.20. The van der Waals surface area contributed by atoms with E-state index in [1.54, 1.807) is 19.1 Å². The van der Waals surface area contributed by atoms with Crippen LogP contribution >= 0.6 is 11.6 Å². The zero-order valence-corrected chi connectivity index (χ0v) is 15.4. The second kappa shape index (κ2) is 9.87. The molecule has 1 saturated heterocycles. The maximum atomic E-state index is 12.2. The Morgan fingerprint density at radius 3 is 2.58 bits per heavy atom. The molecule has 2 rings (SSSR count). The van der Waals surface area contributed by atoms with E-state index in [1.165, 1.54) is 24.8 Å². The number of ether oxygens (including phenoxy) is 1. The Bertz CT molecular complexity index is 503. The summed E-state index contributed by atoms with van der Waals surface area (Å²) in [6.45, 7) is 3.86. The number of carbonyl (C=O) groups is 1. The van der Waals surface area contributed by atoms with Crippen molar-refractivity contribution in [3.05, 3.63) is 34.9 Å². The highest BCUT2D eigenvalue weighted by Gasteiger charge is 2.23. The van der Waals surface area contributed by atoms with E-state index in [0.29, 0.717) is 19.7 Å². The summed E-state index contributed by atoms with van der Waals surface area (Å²) in [6, 6.07) is 8.07. The summed E-state index contributed by atoms with van der Waals surface area (Å²) in [7, 11) is 3.42. The number of methoxy groups -OCH3 is 1. The number of halogens is 1. The van der Waals surface area contributed by atoms with Crippen molar-refractivity contribution in [2.75, 3.05) is 46.9 Å². The number of nitrogens with zero attached hydrogens (tertiary/aromatic N) is 2. The molecule has 1 N–H and O–H groups in total. The first-order valence-electron chi connectivity index (χ1n) is 8.59. The fraction of sp³-hybridized carbons (Fsp3) is 0.611. The minimum atomic E-state index is -0.0666. The topological polar surface area (TPSA) is 44.8 Å². The molecule has 2 amide bonds. The summed E-state index contributed by atoms with van der Waals surface area (Å²) < 4.78 is 5.02. The van der Waals surface area contributed by atoms with Crippen LogP contribution in [-0.4, -0.2) is 62.8 Å². The van der Waals surface area contributed by atoms with Crippen LogP contribution < -0.4 is 5.32 Å². The van der Waals surface area contributed by atoms with Gasteiger partial charge in [-0.25, -0.2) is 4.79 Å². The number of likely N-dealkylation sites (tertiary alicyclic amines) is 1. The minimum Gasteiger partial charge on any atom is -0.383 e. The molecule has 0 unspecified atom stereocenters. The van der Waals surface area contributed by atoms with Crippen molar-refractivity contribution in [3.8, 4) is 0 Å². The normalized spacial score (nSPS) is 16.6. The first-order chi connectivity index (χ1) is 11.6. The van der Waals surface area contributed by atoms with E-state index in [2.05, 4.69) is 22.3 Å². The van der Waals surface area contributed by atoms with E-state index in [-0.39, 0.29) is 12.1 Å². The Morgan fingerprint density at radius 1 is 1.29 bits per heavy atom. The zero-order valence-electron chi connectivity index (χ0n) is 14.6. The number of likely N-dealkylation sites (N-methyl/N-ethyl adjacent to an activating group) is 1. The van der Waals surface area contributed by atoms with Crippen molar-refractivity contribution in [3.63, 3.8) is 0 Å². The van der Waals surface area contributed by atoms with Gasteiger partial charge in [-0.2, -0.15) is 0 Å². The lowest BCUT2D eigenvalue weighted by Gasteiger charge is -2.35. The third-order valence-electron chi connectivity index (χ3n) is 4.51. The van der Waals surface area contributed by atoms with Crippen molar-refractivity contribution >= 4 is 17.6 Å². The zero-order chi connectivity index (χ0) is 17.4. The van der Waals surface area contributed by atoms with Crippen LogP contribution in [0.4, 0.5) is 4.79 Å². The van der Waals surface area contributed by atoms with Crippen LogP contribution in [0.15, 0.2) is 24.3 Å². The summed E-state index contributed by atoms with van der Waals surface area (Å²) in [5.74, 6) is 0. The summed E-state index contributed by atoms with van der Waals surface area (Å²) in [6.07, 6.45) is 3.72. The largest absolute Gasteiger partial charge is 0.383 e. The van der Waals surface area contributed by atoms with Crippen LogP contribution in [-0.2, 0) is 4.74 Å². The van der Waals surface area contributed by atoms with Gasteiger partial charge in [0, 0.05) is 32.3 Å². The molecule has 0 aromatic heterocycles. The Hall–Kier alpha value is -1.30. The maximum Gasteiger partial charge on any atom is 0.317 e. The smallest absolute Gasteiger partial charge is 0.317 e. The van der Waals surface area contributed by atoms with Crippen LogP contribution in [0.2, 0.25) is 5.02 Å². The van der Waals surface area contributed by atoms with Gasteiger partial charge < -0.3 is 15.0 Å². The van der Waals surface area contributed by atoms with Crippen molar-refractivity contribution in [2.24, 2.45) is 0 Å². The van der Waals surface area contributed by atoms with Crippen molar-refractivity contribution in [1.82, 2.24) is 15.1 Å². The predicted molar refractivity (Wildman–Crippen MR) is 97.5 cm³/mol. The number of amides is 2. The molecule has 1 aromatic carbocycles. The Balaban J connectivity index is 2.00. The van der Waals surface area contributed by atoms with E-state index in [1.807, 2.05) is 12.1 Å². The van der Waals surface area contributed by atoms with E-state index in [0.717, 1.165) is 18.1 Å². The van der Waals surface area contributed by atoms with Crippen LogP contribution in [0.25, 0.3) is 0 Å². The number of hydrogen-bond donors (Lipinski definition) is 1. The molecule has 0 spiro atoms. The second-order valence-corrected chi connectivity index (χ2v) is 6.70.